The summed E-state index contributed by atoms with van der Waals surface area (Å²) >= 11 is 0. The lowest BCUT2D eigenvalue weighted by atomic mass is 10.0. The number of benzene rings is 1. The average molecular weight is 474 g/mol. The molecule has 0 radical (unpaired) electrons. The Bertz CT molecular complexity index is 1290. The minimum atomic E-state index is -3.65. The number of nitrogens with two attached hydrogens (primary N) is 1. The van der Waals surface area contributed by atoms with Crippen LogP contribution in [0, 0.1) is 5.92 Å². The van der Waals surface area contributed by atoms with Gasteiger partial charge in [-0.15, -0.1) is 4.68 Å². The number of carboxylic acid groups (broad SMARTS) is 1. The molecule has 2 unspecified atom stereocenters. The van der Waals surface area contributed by atoms with E-state index in [1.165, 1.54) is 4.68 Å². The van der Waals surface area contributed by atoms with Gasteiger partial charge >= 0.3 is 11.8 Å². The lowest BCUT2D eigenvalue weighted by molar-refractivity contribution is -0.651. The Balaban J connectivity index is 1.60. The highest BCUT2D eigenvalue weighted by atomic mass is 32.2. The first-order valence-corrected chi connectivity index (χ1v) is 12.6. The molecule has 5 N–H and O–H groups in total. The third kappa shape index (κ3) is 3.78. The van der Waals surface area contributed by atoms with E-state index in [1.54, 1.807) is 23.2 Å². The fraction of sp³-hybridized carbons (Fsp3) is 0.429. The van der Waals surface area contributed by atoms with Crippen molar-refractivity contribution in [3.63, 3.8) is 0 Å². The van der Waals surface area contributed by atoms with Crippen molar-refractivity contribution in [2.45, 2.75) is 44.4 Å². The van der Waals surface area contributed by atoms with Gasteiger partial charge in [-0.2, -0.15) is 0 Å². The second kappa shape index (κ2) is 7.39. The number of nitrogens with one attached hydrogen (secondary N) is 2. The molecular weight excluding hydrogens is 448 g/mol. The molecule has 1 saturated carbocycles. The quantitative estimate of drug-likeness (QED) is 0.432. The highest BCUT2D eigenvalue weighted by Gasteiger charge is 2.45. The largest absolute Gasteiger partial charge is 0.480 e. The molecule has 3 heterocycles. The number of anilines is 1. The first kappa shape index (κ1) is 21.6. The van der Waals surface area contributed by atoms with Crippen molar-refractivity contribution in [3.05, 3.63) is 41.3 Å². The van der Waals surface area contributed by atoms with E-state index in [-0.39, 0.29) is 23.5 Å². The summed E-state index contributed by atoms with van der Waals surface area (Å²) in [6, 6.07) is 5.14. The number of hydrogen-bond donors (Lipinski definition) is 4. The van der Waals surface area contributed by atoms with E-state index in [0.29, 0.717) is 34.8 Å². The van der Waals surface area contributed by atoms with Crippen LogP contribution in [0.2, 0.25) is 0 Å². The van der Waals surface area contributed by atoms with Crippen LogP contribution in [0.1, 0.15) is 47.4 Å². The molecule has 1 aromatic carbocycles. The smallest absolute Gasteiger partial charge is 0.340 e. The van der Waals surface area contributed by atoms with E-state index >= 15 is 0 Å². The van der Waals surface area contributed by atoms with Crippen molar-refractivity contribution >= 4 is 27.6 Å². The van der Waals surface area contributed by atoms with Crippen molar-refractivity contribution in [2.75, 3.05) is 16.4 Å². The molecule has 2 aromatic rings. The van der Waals surface area contributed by atoms with Crippen LogP contribution < -0.4 is 20.6 Å². The van der Waals surface area contributed by atoms with Gasteiger partial charge in [0.15, 0.2) is 11.6 Å². The normalized spacial score (nSPS) is 22.5. The van der Waals surface area contributed by atoms with E-state index in [2.05, 4.69) is 15.1 Å². The third-order valence-corrected chi connectivity index (χ3v) is 7.07. The number of hydrogen-bond acceptors (Lipinski definition) is 7. The molecule has 1 amide bonds. The van der Waals surface area contributed by atoms with Crippen LogP contribution in [-0.4, -0.2) is 53.7 Å². The Morgan fingerprint density at radius 2 is 2.12 bits per heavy atom. The van der Waals surface area contributed by atoms with Gasteiger partial charge in [-0.25, -0.2) is 13.8 Å². The zero-order chi connectivity index (χ0) is 23.7. The highest BCUT2D eigenvalue weighted by Crippen LogP contribution is 2.41. The van der Waals surface area contributed by atoms with Gasteiger partial charge in [0.05, 0.1) is 17.5 Å². The predicted molar refractivity (Wildman–Crippen MR) is 118 cm³/mol. The van der Waals surface area contributed by atoms with Crippen LogP contribution in [0.3, 0.4) is 0 Å². The Morgan fingerprint density at radius 1 is 1.39 bits per heavy atom. The standard InChI is InChI=1S/C21H24N6O5S/c1-10(11-3-4-11)26-9-13-7-12(8-15(16(13)20(26)28)25-33(2,31)32)14-5-6-27-19(23-14)17(21(29)30)18(22)24-27/h5-8,10-11,17-18H,3-4,9,22H2,1-2H3,(H2-,24,25,28,29,30)/p+1/t10-,17?,18?/m0/s1. The molecule has 33 heavy (non-hydrogen) atoms. The number of carbonyl (C=O) groups is 2. The maximum Gasteiger partial charge on any atom is 0.340 e. The van der Waals surface area contributed by atoms with Gasteiger partial charge in [0, 0.05) is 24.2 Å². The zero-order valence-corrected chi connectivity index (χ0v) is 19.0. The van der Waals surface area contributed by atoms with Gasteiger partial charge in [-0.1, -0.05) is 0 Å². The molecule has 1 aliphatic carbocycles. The lowest BCUT2D eigenvalue weighted by Crippen LogP contribution is -2.48. The second-order valence-electron chi connectivity index (χ2n) is 8.96. The number of fused-ring (bicyclic) bond motifs is 2. The molecule has 0 bridgehead atoms. The Hall–Kier alpha value is -3.25. The number of carbonyl (C=O) groups excluding carboxylic acids is 1. The number of aromatic nitrogens is 2. The van der Waals surface area contributed by atoms with Crippen LogP contribution in [0.5, 0.6) is 0 Å². The number of rotatable bonds is 6. The lowest BCUT2D eigenvalue weighted by Gasteiger charge is -2.24. The molecule has 0 spiro atoms. The molecule has 174 valence electrons. The topological polar surface area (TPSA) is 159 Å². The first-order valence-electron chi connectivity index (χ1n) is 10.7. The summed E-state index contributed by atoms with van der Waals surface area (Å²) in [5, 5.41) is 9.56. The molecule has 2 aliphatic heterocycles. The summed E-state index contributed by atoms with van der Waals surface area (Å²) in [4.78, 5) is 31.2. The van der Waals surface area contributed by atoms with Gasteiger partial charge < -0.3 is 15.7 Å². The van der Waals surface area contributed by atoms with Crippen molar-refractivity contribution in [1.82, 2.24) is 9.88 Å². The van der Waals surface area contributed by atoms with Crippen LogP contribution in [0.25, 0.3) is 11.3 Å². The van der Waals surface area contributed by atoms with E-state index in [0.717, 1.165) is 19.1 Å². The summed E-state index contributed by atoms with van der Waals surface area (Å²) in [5.41, 5.74) is 11.0. The number of amides is 1. The number of aliphatic carboxylic acids is 1. The zero-order valence-electron chi connectivity index (χ0n) is 18.1. The van der Waals surface area contributed by atoms with Crippen LogP contribution in [0.15, 0.2) is 24.4 Å². The number of sulfonamides is 1. The van der Waals surface area contributed by atoms with Crippen molar-refractivity contribution < 1.29 is 27.8 Å². The summed E-state index contributed by atoms with van der Waals surface area (Å²) in [6.45, 7) is 2.40. The minimum absolute atomic E-state index is 0.0674. The van der Waals surface area contributed by atoms with Gasteiger partial charge in [0.2, 0.25) is 10.0 Å². The van der Waals surface area contributed by atoms with Gasteiger partial charge in [0.1, 0.15) is 12.4 Å². The second-order valence-corrected chi connectivity index (χ2v) is 10.7. The Kier molecular flexibility index (Phi) is 4.83. The molecule has 1 fully saturated rings. The summed E-state index contributed by atoms with van der Waals surface area (Å²) in [5.74, 6) is -1.63. The number of carboxylic acids is 1. The summed E-state index contributed by atoms with van der Waals surface area (Å²) in [7, 11) is -3.65. The fourth-order valence-corrected chi connectivity index (χ4v) is 5.21. The number of nitrogens with zero attached hydrogens (tertiary/aromatic N) is 3. The van der Waals surface area contributed by atoms with Crippen molar-refractivity contribution in [3.8, 4) is 11.3 Å². The average Bonchev–Trinajstić information content (AvgIpc) is 3.43. The van der Waals surface area contributed by atoms with Crippen LogP contribution in [0.4, 0.5) is 5.69 Å². The van der Waals surface area contributed by atoms with Gasteiger partial charge in [-0.3, -0.25) is 14.3 Å². The SMILES string of the molecule is C[C@@H](C1CC1)N1Cc2cc(-c3cc[n+]4c(n3)C(C(=O)O)C(N)N4)cc(NS(C)(=O)=O)c2C1=O. The molecule has 11 nitrogen and oxygen atoms in total. The first-order chi connectivity index (χ1) is 15.5. The van der Waals surface area contributed by atoms with E-state index < -0.39 is 28.1 Å². The van der Waals surface area contributed by atoms with Crippen molar-refractivity contribution in [2.24, 2.45) is 11.7 Å². The van der Waals surface area contributed by atoms with E-state index in [4.69, 9.17) is 5.73 Å². The monoisotopic (exact) mass is 473 g/mol. The molecule has 3 aliphatic rings. The maximum atomic E-state index is 13.2. The summed E-state index contributed by atoms with van der Waals surface area (Å²) in [6.07, 6.45) is 3.99. The van der Waals surface area contributed by atoms with E-state index in [1.807, 2.05) is 13.0 Å². The summed E-state index contributed by atoms with van der Waals surface area (Å²) < 4.78 is 28.1. The molecule has 0 saturated heterocycles. The molecule has 5 rings (SSSR count). The molecule has 1 aromatic heterocycles. The maximum absolute atomic E-state index is 13.2. The molecule has 3 atom stereocenters. The third-order valence-electron chi connectivity index (χ3n) is 6.48. The minimum Gasteiger partial charge on any atom is -0.480 e. The Labute approximate surface area is 190 Å². The Morgan fingerprint density at radius 3 is 2.76 bits per heavy atom. The molecule has 12 heteroatoms. The highest BCUT2D eigenvalue weighted by molar-refractivity contribution is 7.92. The van der Waals surface area contributed by atoms with E-state index in [9.17, 15) is 23.1 Å². The van der Waals surface area contributed by atoms with Crippen molar-refractivity contribution in [1.29, 1.82) is 0 Å². The van der Waals surface area contributed by atoms with Crippen LogP contribution in [-0.2, 0) is 21.4 Å². The van der Waals surface area contributed by atoms with Gasteiger partial charge in [-0.05, 0) is 48.4 Å². The van der Waals surface area contributed by atoms with Crippen LogP contribution >= 0.6 is 0 Å². The molecular formula is C21H25N6O5S+. The van der Waals surface area contributed by atoms with Gasteiger partial charge in [0.25, 0.3) is 5.91 Å². The fourth-order valence-electron chi connectivity index (χ4n) is 4.65. The predicted octanol–water partition coefficient (Wildman–Crippen LogP) is 0.172.